The number of rotatable bonds is 3. The van der Waals surface area contributed by atoms with Crippen LogP contribution in [-0.2, 0) is 10.0 Å². The molecule has 2 atom stereocenters. The fourth-order valence-corrected chi connectivity index (χ4v) is 5.39. The molecule has 0 spiro atoms. The lowest BCUT2D eigenvalue weighted by atomic mass is 9.71. The van der Waals surface area contributed by atoms with Crippen molar-refractivity contribution in [2.45, 2.75) is 50.3 Å². The van der Waals surface area contributed by atoms with Crippen LogP contribution in [0.15, 0.2) is 21.7 Å². The number of hydrogen-bond donors (Lipinski definition) is 1. The Morgan fingerprint density at radius 1 is 1.39 bits per heavy atom. The van der Waals surface area contributed by atoms with Crippen molar-refractivity contribution in [2.75, 3.05) is 0 Å². The normalized spacial score (nSPS) is 28.2. The fourth-order valence-electron chi connectivity index (χ4n) is 3.13. The van der Waals surface area contributed by atoms with Gasteiger partial charge in [-0.2, -0.15) is 0 Å². The molecule has 0 radical (unpaired) electrons. The molecule has 5 heteroatoms. The molecule has 1 aromatic heterocycles. The lowest BCUT2D eigenvalue weighted by Crippen LogP contribution is -2.42. The predicted molar refractivity (Wildman–Crippen MR) is 75.2 cm³/mol. The largest absolute Gasteiger partial charge is 0.250 e. The summed E-state index contributed by atoms with van der Waals surface area (Å²) in [5.74, 6) is 0.574. The molecule has 0 amide bonds. The van der Waals surface area contributed by atoms with Crippen LogP contribution in [0.2, 0.25) is 0 Å². The van der Waals surface area contributed by atoms with E-state index in [4.69, 9.17) is 0 Å². The van der Waals surface area contributed by atoms with Crippen molar-refractivity contribution in [3.05, 3.63) is 17.5 Å². The highest BCUT2D eigenvalue weighted by atomic mass is 32.2. The molecule has 1 fully saturated rings. The van der Waals surface area contributed by atoms with Gasteiger partial charge in [-0.25, -0.2) is 13.1 Å². The number of thiophene rings is 1. The molecule has 0 aromatic carbocycles. The number of sulfonamides is 1. The lowest BCUT2D eigenvalue weighted by Gasteiger charge is -2.39. The van der Waals surface area contributed by atoms with Crippen molar-refractivity contribution in [3.63, 3.8) is 0 Å². The van der Waals surface area contributed by atoms with Gasteiger partial charge in [-0.15, -0.1) is 11.3 Å². The van der Waals surface area contributed by atoms with E-state index >= 15 is 0 Å². The Bertz CT molecular complexity index is 491. The second-order valence-electron chi connectivity index (χ2n) is 6.16. The van der Waals surface area contributed by atoms with Gasteiger partial charge in [0.25, 0.3) is 0 Å². The molecule has 1 aliphatic carbocycles. The smallest absolute Gasteiger partial charge is 0.207 e. The monoisotopic (exact) mass is 287 g/mol. The average molecular weight is 287 g/mol. The maximum atomic E-state index is 12.2. The lowest BCUT2D eigenvalue weighted by molar-refractivity contribution is 0.163. The highest BCUT2D eigenvalue weighted by Crippen LogP contribution is 2.38. The van der Waals surface area contributed by atoms with Crippen LogP contribution in [0.4, 0.5) is 0 Å². The minimum atomic E-state index is -3.32. The van der Waals surface area contributed by atoms with Crippen LogP contribution in [0.5, 0.6) is 0 Å². The average Bonchev–Trinajstić information content (AvgIpc) is 2.65. The van der Waals surface area contributed by atoms with Crippen LogP contribution in [0.25, 0.3) is 0 Å². The molecule has 18 heavy (non-hydrogen) atoms. The van der Waals surface area contributed by atoms with Crippen LogP contribution in [0.1, 0.15) is 40.0 Å². The van der Waals surface area contributed by atoms with Crippen molar-refractivity contribution >= 4 is 21.4 Å². The van der Waals surface area contributed by atoms with E-state index in [0.29, 0.717) is 10.1 Å². The number of nitrogens with one attached hydrogen (secondary N) is 1. The minimum absolute atomic E-state index is 0.0656. The van der Waals surface area contributed by atoms with E-state index in [1.807, 2.05) is 0 Å². The van der Waals surface area contributed by atoms with E-state index < -0.39 is 10.0 Å². The van der Waals surface area contributed by atoms with Crippen LogP contribution in [-0.4, -0.2) is 14.5 Å². The summed E-state index contributed by atoms with van der Waals surface area (Å²) in [7, 11) is -3.32. The molecule has 0 bridgehead atoms. The summed E-state index contributed by atoms with van der Waals surface area (Å²) in [6.07, 6.45) is 3.03. The number of hydrogen-bond acceptors (Lipinski definition) is 3. The summed E-state index contributed by atoms with van der Waals surface area (Å²) in [5, 5.41) is 1.79. The van der Waals surface area contributed by atoms with Gasteiger partial charge in [0.05, 0.1) is 0 Å². The Morgan fingerprint density at radius 3 is 2.67 bits per heavy atom. The predicted octanol–water partition coefficient (Wildman–Crippen LogP) is 3.24. The van der Waals surface area contributed by atoms with E-state index in [-0.39, 0.29) is 11.5 Å². The summed E-state index contributed by atoms with van der Waals surface area (Å²) >= 11 is 1.27. The zero-order valence-electron chi connectivity index (χ0n) is 11.1. The zero-order chi connectivity index (χ0) is 13.4. The van der Waals surface area contributed by atoms with Gasteiger partial charge in [-0.05, 0) is 42.0 Å². The van der Waals surface area contributed by atoms with Crippen molar-refractivity contribution in [1.29, 1.82) is 0 Å². The molecule has 0 aliphatic heterocycles. The first-order valence-corrected chi connectivity index (χ1v) is 8.71. The highest BCUT2D eigenvalue weighted by molar-refractivity contribution is 7.91. The topological polar surface area (TPSA) is 46.2 Å². The molecule has 102 valence electrons. The molecule has 0 saturated heterocycles. The van der Waals surface area contributed by atoms with Crippen LogP contribution in [0.3, 0.4) is 0 Å². The first-order valence-electron chi connectivity index (χ1n) is 6.34. The van der Waals surface area contributed by atoms with Gasteiger partial charge >= 0.3 is 0 Å². The molecule has 3 nitrogen and oxygen atoms in total. The summed E-state index contributed by atoms with van der Waals surface area (Å²) in [6.45, 7) is 6.64. The molecular weight excluding hydrogens is 266 g/mol. The Hall–Kier alpha value is -0.390. The summed E-state index contributed by atoms with van der Waals surface area (Å²) in [6, 6.07) is 3.49. The first kappa shape index (κ1) is 14.0. The van der Waals surface area contributed by atoms with E-state index in [9.17, 15) is 8.42 Å². The standard InChI is InChI=1S/C13H21NO2S2/c1-10-7-11(9-13(2,3)8-10)14-18(15,16)12-5-4-6-17-12/h4-6,10-11,14H,7-9H2,1-3H3/t10-,11-/m1/s1. The maximum absolute atomic E-state index is 12.2. The Kier molecular flexibility index (Phi) is 3.85. The first-order chi connectivity index (χ1) is 8.28. The van der Waals surface area contributed by atoms with Gasteiger partial charge in [-0.1, -0.05) is 26.8 Å². The Labute approximate surface area is 114 Å². The molecule has 1 saturated carbocycles. The summed E-state index contributed by atoms with van der Waals surface area (Å²) in [4.78, 5) is 0. The summed E-state index contributed by atoms with van der Waals surface area (Å²) in [5.41, 5.74) is 0.223. The van der Waals surface area contributed by atoms with Gasteiger partial charge in [0.15, 0.2) is 0 Å². The van der Waals surface area contributed by atoms with E-state index in [1.54, 1.807) is 17.5 Å². The van der Waals surface area contributed by atoms with Gasteiger partial charge < -0.3 is 0 Å². The van der Waals surface area contributed by atoms with Crippen LogP contribution >= 0.6 is 11.3 Å². The van der Waals surface area contributed by atoms with E-state index in [2.05, 4.69) is 25.5 Å². The quantitative estimate of drug-likeness (QED) is 0.927. The SMILES string of the molecule is C[C@@H]1C[C@@H](NS(=O)(=O)c2cccs2)CC(C)(C)C1. The minimum Gasteiger partial charge on any atom is -0.207 e. The Morgan fingerprint density at radius 2 is 2.11 bits per heavy atom. The van der Waals surface area contributed by atoms with Crippen LogP contribution < -0.4 is 4.72 Å². The van der Waals surface area contributed by atoms with Gasteiger partial charge in [0.2, 0.25) is 10.0 Å². The molecule has 1 heterocycles. The molecule has 1 aliphatic rings. The van der Waals surface area contributed by atoms with Gasteiger partial charge in [-0.3, -0.25) is 0 Å². The third kappa shape index (κ3) is 3.33. The van der Waals surface area contributed by atoms with Crippen molar-refractivity contribution in [2.24, 2.45) is 11.3 Å². The van der Waals surface area contributed by atoms with Gasteiger partial charge in [0.1, 0.15) is 4.21 Å². The van der Waals surface area contributed by atoms with Crippen LogP contribution in [0, 0.1) is 11.3 Å². The second-order valence-corrected chi connectivity index (χ2v) is 9.05. The molecular formula is C13H21NO2S2. The maximum Gasteiger partial charge on any atom is 0.250 e. The fraction of sp³-hybridized carbons (Fsp3) is 0.692. The van der Waals surface area contributed by atoms with E-state index in [1.165, 1.54) is 17.8 Å². The third-order valence-corrected chi connectivity index (χ3v) is 6.39. The summed E-state index contributed by atoms with van der Waals surface area (Å²) < 4.78 is 27.6. The van der Waals surface area contributed by atoms with Crippen molar-refractivity contribution < 1.29 is 8.42 Å². The Balaban J connectivity index is 2.10. The highest BCUT2D eigenvalue weighted by Gasteiger charge is 2.34. The molecule has 0 unspecified atom stereocenters. The third-order valence-electron chi connectivity index (χ3n) is 3.47. The molecule has 1 aromatic rings. The van der Waals surface area contributed by atoms with Crippen molar-refractivity contribution in [1.82, 2.24) is 4.72 Å². The molecule has 2 rings (SSSR count). The van der Waals surface area contributed by atoms with Crippen molar-refractivity contribution in [3.8, 4) is 0 Å². The molecule has 1 N–H and O–H groups in total. The second kappa shape index (κ2) is 4.94. The zero-order valence-corrected chi connectivity index (χ0v) is 12.8. The van der Waals surface area contributed by atoms with E-state index in [0.717, 1.165) is 12.8 Å². The van der Waals surface area contributed by atoms with Gasteiger partial charge in [0, 0.05) is 6.04 Å².